The fourth-order valence-electron chi connectivity index (χ4n) is 1.92. The minimum absolute atomic E-state index is 0.778. The third-order valence-electron chi connectivity index (χ3n) is 3.31. The number of hydrogen-bond acceptors (Lipinski definition) is 3. The number of methoxy groups -OCH3 is 1. The second-order valence-electron chi connectivity index (χ2n) is 4.84. The zero-order valence-corrected chi connectivity index (χ0v) is 12.1. The Morgan fingerprint density at radius 2 is 2.00 bits per heavy atom. The topological polar surface area (TPSA) is 24.5 Å². The van der Waals surface area contributed by atoms with Gasteiger partial charge in [0.25, 0.3) is 0 Å². The molecule has 0 heterocycles. The Hall–Kier alpha value is -0.900. The van der Waals surface area contributed by atoms with Crippen molar-refractivity contribution in [1.82, 2.24) is 10.2 Å². The van der Waals surface area contributed by atoms with Gasteiger partial charge in [-0.2, -0.15) is 0 Å². The first kappa shape index (κ1) is 15.2. The third kappa shape index (κ3) is 5.17. The molecule has 0 atom stereocenters. The highest BCUT2D eigenvalue weighted by Gasteiger charge is 2.04. The maximum Gasteiger partial charge on any atom is 0.0587 e. The molecule has 102 valence electrons. The molecule has 0 spiro atoms. The van der Waals surface area contributed by atoms with E-state index in [1.807, 2.05) is 0 Å². The zero-order valence-electron chi connectivity index (χ0n) is 12.1. The molecule has 0 aliphatic rings. The fourth-order valence-corrected chi connectivity index (χ4v) is 1.92. The zero-order chi connectivity index (χ0) is 13.4. The Kier molecular flexibility index (Phi) is 6.94. The molecule has 1 aromatic rings. The third-order valence-corrected chi connectivity index (χ3v) is 3.31. The number of ether oxygens (including phenoxy) is 1. The van der Waals surface area contributed by atoms with Crippen LogP contribution < -0.4 is 5.32 Å². The van der Waals surface area contributed by atoms with E-state index in [4.69, 9.17) is 4.74 Å². The normalized spacial score (nSPS) is 11.2. The standard InChI is InChI=1S/C15H26N2O/c1-13-6-5-7-15(14(13)2)12-17(3)10-8-16-9-11-18-4/h5-7,16H,8-12H2,1-4H3. The van der Waals surface area contributed by atoms with Gasteiger partial charge < -0.3 is 15.0 Å². The molecule has 1 rings (SSSR count). The van der Waals surface area contributed by atoms with Crippen LogP contribution in [-0.4, -0.2) is 45.3 Å². The predicted octanol–water partition coefficient (Wildman–Crippen LogP) is 1.97. The van der Waals surface area contributed by atoms with Crippen LogP contribution in [0.4, 0.5) is 0 Å². The SMILES string of the molecule is COCCNCCN(C)Cc1cccc(C)c1C. The predicted molar refractivity (Wildman–Crippen MR) is 77.0 cm³/mol. The van der Waals surface area contributed by atoms with Crippen LogP contribution in [0, 0.1) is 13.8 Å². The van der Waals surface area contributed by atoms with Gasteiger partial charge in [0.05, 0.1) is 6.61 Å². The molecular weight excluding hydrogens is 224 g/mol. The van der Waals surface area contributed by atoms with Gasteiger partial charge in [-0.05, 0) is 37.6 Å². The summed E-state index contributed by atoms with van der Waals surface area (Å²) in [7, 11) is 3.90. The van der Waals surface area contributed by atoms with Crippen molar-refractivity contribution in [1.29, 1.82) is 0 Å². The lowest BCUT2D eigenvalue weighted by atomic mass is 10.0. The number of benzene rings is 1. The van der Waals surface area contributed by atoms with Crippen LogP contribution >= 0.6 is 0 Å². The lowest BCUT2D eigenvalue weighted by Gasteiger charge is -2.19. The maximum absolute atomic E-state index is 5.00. The van der Waals surface area contributed by atoms with Crippen molar-refractivity contribution in [2.24, 2.45) is 0 Å². The maximum atomic E-state index is 5.00. The van der Waals surface area contributed by atoms with Gasteiger partial charge in [0.15, 0.2) is 0 Å². The summed E-state index contributed by atoms with van der Waals surface area (Å²) in [5, 5.41) is 3.36. The summed E-state index contributed by atoms with van der Waals surface area (Å²) in [5.74, 6) is 0. The molecule has 0 saturated carbocycles. The summed E-state index contributed by atoms with van der Waals surface area (Å²) in [4.78, 5) is 2.35. The van der Waals surface area contributed by atoms with Gasteiger partial charge >= 0.3 is 0 Å². The number of hydrogen-bond donors (Lipinski definition) is 1. The summed E-state index contributed by atoms with van der Waals surface area (Å²) in [6.07, 6.45) is 0. The van der Waals surface area contributed by atoms with E-state index in [0.717, 1.165) is 32.8 Å². The van der Waals surface area contributed by atoms with Crippen molar-refractivity contribution in [3.63, 3.8) is 0 Å². The van der Waals surface area contributed by atoms with Crippen molar-refractivity contribution in [2.75, 3.05) is 40.4 Å². The van der Waals surface area contributed by atoms with Gasteiger partial charge in [-0.3, -0.25) is 0 Å². The molecule has 0 amide bonds. The first-order valence-corrected chi connectivity index (χ1v) is 6.58. The van der Waals surface area contributed by atoms with Crippen LogP contribution in [0.2, 0.25) is 0 Å². The largest absolute Gasteiger partial charge is 0.383 e. The minimum Gasteiger partial charge on any atom is -0.383 e. The van der Waals surface area contributed by atoms with Gasteiger partial charge in [-0.15, -0.1) is 0 Å². The summed E-state index contributed by atoms with van der Waals surface area (Å²) < 4.78 is 5.00. The molecule has 3 heteroatoms. The number of rotatable bonds is 8. The van der Waals surface area contributed by atoms with Crippen molar-refractivity contribution < 1.29 is 4.74 Å². The monoisotopic (exact) mass is 250 g/mol. The van der Waals surface area contributed by atoms with E-state index in [1.54, 1.807) is 7.11 Å². The molecule has 0 aliphatic heterocycles. The molecule has 0 aliphatic carbocycles. The van der Waals surface area contributed by atoms with E-state index >= 15 is 0 Å². The van der Waals surface area contributed by atoms with E-state index in [1.165, 1.54) is 16.7 Å². The molecule has 0 saturated heterocycles. The Morgan fingerprint density at radius 3 is 2.72 bits per heavy atom. The quantitative estimate of drug-likeness (QED) is 0.714. The molecule has 3 nitrogen and oxygen atoms in total. The van der Waals surface area contributed by atoms with Crippen LogP contribution in [0.1, 0.15) is 16.7 Å². The first-order valence-electron chi connectivity index (χ1n) is 6.58. The lowest BCUT2D eigenvalue weighted by Crippen LogP contribution is -2.30. The lowest BCUT2D eigenvalue weighted by molar-refractivity contribution is 0.197. The summed E-state index contributed by atoms with van der Waals surface area (Å²) >= 11 is 0. The van der Waals surface area contributed by atoms with E-state index in [9.17, 15) is 0 Å². The van der Waals surface area contributed by atoms with Gasteiger partial charge in [-0.25, -0.2) is 0 Å². The Morgan fingerprint density at radius 1 is 1.22 bits per heavy atom. The van der Waals surface area contributed by atoms with E-state index in [0.29, 0.717) is 0 Å². The molecule has 0 radical (unpaired) electrons. The van der Waals surface area contributed by atoms with Crippen molar-refractivity contribution >= 4 is 0 Å². The molecule has 0 fully saturated rings. The number of nitrogens with zero attached hydrogens (tertiary/aromatic N) is 1. The molecular formula is C15H26N2O. The Bertz CT molecular complexity index is 352. The summed E-state index contributed by atoms with van der Waals surface area (Å²) in [6.45, 7) is 9.15. The number of nitrogens with one attached hydrogen (secondary N) is 1. The smallest absolute Gasteiger partial charge is 0.0587 e. The Balaban J connectivity index is 2.31. The van der Waals surface area contributed by atoms with E-state index in [2.05, 4.69) is 49.3 Å². The van der Waals surface area contributed by atoms with Crippen molar-refractivity contribution in [3.05, 3.63) is 34.9 Å². The highest BCUT2D eigenvalue weighted by atomic mass is 16.5. The van der Waals surface area contributed by atoms with E-state index in [-0.39, 0.29) is 0 Å². The molecule has 18 heavy (non-hydrogen) atoms. The Labute approximate surface area is 111 Å². The summed E-state index contributed by atoms with van der Waals surface area (Å²) in [5.41, 5.74) is 4.21. The average molecular weight is 250 g/mol. The number of aryl methyl sites for hydroxylation is 1. The van der Waals surface area contributed by atoms with Gasteiger partial charge in [0, 0.05) is 33.3 Å². The number of likely N-dealkylation sites (N-methyl/N-ethyl adjacent to an activating group) is 1. The summed E-state index contributed by atoms with van der Waals surface area (Å²) in [6, 6.07) is 6.53. The van der Waals surface area contributed by atoms with E-state index < -0.39 is 0 Å². The first-order chi connectivity index (χ1) is 8.65. The molecule has 0 unspecified atom stereocenters. The van der Waals surface area contributed by atoms with Crippen LogP contribution in [0.3, 0.4) is 0 Å². The minimum atomic E-state index is 0.778. The average Bonchev–Trinajstić information content (AvgIpc) is 2.35. The van der Waals surface area contributed by atoms with Crippen LogP contribution in [0.25, 0.3) is 0 Å². The van der Waals surface area contributed by atoms with Crippen molar-refractivity contribution in [3.8, 4) is 0 Å². The highest BCUT2D eigenvalue weighted by Crippen LogP contribution is 2.13. The second-order valence-corrected chi connectivity index (χ2v) is 4.84. The molecule has 0 bridgehead atoms. The van der Waals surface area contributed by atoms with Crippen LogP contribution in [0.15, 0.2) is 18.2 Å². The van der Waals surface area contributed by atoms with Crippen molar-refractivity contribution in [2.45, 2.75) is 20.4 Å². The van der Waals surface area contributed by atoms with Gasteiger partial charge in [0.2, 0.25) is 0 Å². The molecule has 1 N–H and O–H groups in total. The fraction of sp³-hybridized carbons (Fsp3) is 0.600. The molecule has 0 aromatic heterocycles. The van der Waals surface area contributed by atoms with Crippen LogP contribution in [0.5, 0.6) is 0 Å². The van der Waals surface area contributed by atoms with Gasteiger partial charge in [-0.1, -0.05) is 18.2 Å². The van der Waals surface area contributed by atoms with Crippen LogP contribution in [-0.2, 0) is 11.3 Å². The molecule has 1 aromatic carbocycles. The van der Waals surface area contributed by atoms with Gasteiger partial charge in [0.1, 0.15) is 0 Å². The second kappa shape index (κ2) is 8.25. The highest BCUT2D eigenvalue weighted by molar-refractivity contribution is 5.32.